The average Bonchev–Trinajstić information content (AvgIpc) is 2.23. The van der Waals surface area contributed by atoms with Crippen molar-refractivity contribution < 1.29 is 9.53 Å². The zero-order valence-corrected chi connectivity index (χ0v) is 8.61. The molecule has 0 saturated carbocycles. The molecule has 0 aliphatic carbocycles. The molecule has 1 aromatic carbocycles. The molecule has 1 atom stereocenters. The van der Waals surface area contributed by atoms with Gasteiger partial charge in [0.1, 0.15) is 0 Å². The van der Waals surface area contributed by atoms with Gasteiger partial charge < -0.3 is 10.1 Å². The Morgan fingerprint density at radius 3 is 2.73 bits per heavy atom. The minimum absolute atomic E-state index is 0.156. The van der Waals surface area contributed by atoms with Crippen LogP contribution in [0.15, 0.2) is 30.3 Å². The van der Waals surface area contributed by atoms with Crippen LogP contribution < -0.4 is 5.32 Å². The molecule has 1 N–H and O–H groups in total. The van der Waals surface area contributed by atoms with Crippen LogP contribution in [0.5, 0.6) is 0 Å². The van der Waals surface area contributed by atoms with Crippen LogP contribution in [0.4, 0.5) is 0 Å². The lowest BCUT2D eigenvalue weighted by molar-refractivity contribution is -0.128. The van der Waals surface area contributed by atoms with Crippen LogP contribution in [0.25, 0.3) is 0 Å². The third-order valence-electron chi connectivity index (χ3n) is 2.52. The Labute approximate surface area is 89.4 Å². The molecule has 1 aromatic rings. The minimum atomic E-state index is 0.156. The molecule has 80 valence electrons. The van der Waals surface area contributed by atoms with E-state index in [0.29, 0.717) is 25.7 Å². The monoisotopic (exact) mass is 205 g/mol. The van der Waals surface area contributed by atoms with Crippen LogP contribution in [0.1, 0.15) is 18.4 Å². The first-order valence-electron chi connectivity index (χ1n) is 5.25. The maximum Gasteiger partial charge on any atom is 0.222 e. The van der Waals surface area contributed by atoms with Crippen molar-refractivity contribution in [3.8, 4) is 0 Å². The number of amides is 1. The van der Waals surface area contributed by atoms with Crippen molar-refractivity contribution in [1.82, 2.24) is 5.32 Å². The fraction of sp³-hybridized carbons (Fsp3) is 0.417. The molecule has 0 unspecified atom stereocenters. The van der Waals surface area contributed by atoms with E-state index in [1.807, 2.05) is 30.3 Å². The van der Waals surface area contributed by atoms with Crippen LogP contribution in [0.3, 0.4) is 0 Å². The molecule has 3 heteroatoms. The van der Waals surface area contributed by atoms with Crippen molar-refractivity contribution in [3.63, 3.8) is 0 Å². The second-order valence-electron chi connectivity index (χ2n) is 3.80. The molecular weight excluding hydrogens is 190 g/mol. The van der Waals surface area contributed by atoms with Gasteiger partial charge in [-0.3, -0.25) is 4.79 Å². The van der Waals surface area contributed by atoms with Crippen molar-refractivity contribution in [2.75, 3.05) is 6.61 Å². The number of ether oxygens (including phenoxy) is 1. The topological polar surface area (TPSA) is 38.3 Å². The van der Waals surface area contributed by atoms with Gasteiger partial charge in [0, 0.05) is 19.1 Å². The lowest BCUT2D eigenvalue weighted by Crippen LogP contribution is -2.48. The van der Waals surface area contributed by atoms with Crippen molar-refractivity contribution in [2.24, 2.45) is 0 Å². The Morgan fingerprint density at radius 2 is 2.07 bits per heavy atom. The normalized spacial score (nSPS) is 19.5. The summed E-state index contributed by atoms with van der Waals surface area (Å²) in [5, 5.41) is 2.82. The molecule has 1 aliphatic heterocycles. The summed E-state index contributed by atoms with van der Waals surface area (Å²) in [7, 11) is 0. The fourth-order valence-electron chi connectivity index (χ4n) is 1.59. The Morgan fingerprint density at radius 1 is 1.33 bits per heavy atom. The highest BCUT2D eigenvalue weighted by atomic mass is 16.5. The van der Waals surface area contributed by atoms with Crippen molar-refractivity contribution in [2.45, 2.75) is 25.5 Å². The molecule has 1 aliphatic rings. The molecule has 0 bridgehead atoms. The highest BCUT2D eigenvalue weighted by molar-refractivity contribution is 5.82. The predicted octanol–water partition coefficient (Wildman–Crippen LogP) is 1.48. The van der Waals surface area contributed by atoms with E-state index in [9.17, 15) is 4.79 Å². The smallest absolute Gasteiger partial charge is 0.222 e. The van der Waals surface area contributed by atoms with Gasteiger partial charge in [0.2, 0.25) is 5.91 Å². The van der Waals surface area contributed by atoms with Gasteiger partial charge in [0.15, 0.2) is 0 Å². The van der Waals surface area contributed by atoms with Crippen LogP contribution in [-0.4, -0.2) is 18.6 Å². The second-order valence-corrected chi connectivity index (χ2v) is 3.80. The summed E-state index contributed by atoms with van der Waals surface area (Å²) < 4.78 is 5.51. The third-order valence-corrected chi connectivity index (χ3v) is 2.52. The first-order valence-corrected chi connectivity index (χ1v) is 5.25. The van der Waals surface area contributed by atoms with Gasteiger partial charge in [-0.15, -0.1) is 0 Å². The predicted molar refractivity (Wildman–Crippen MR) is 57.3 cm³/mol. The summed E-state index contributed by atoms with van der Waals surface area (Å²) >= 11 is 0. The molecule has 0 spiro atoms. The molecule has 0 aromatic heterocycles. The Hall–Kier alpha value is -1.35. The number of carbonyl (C=O) groups is 1. The number of nitrogens with one attached hydrogen (secondary N) is 1. The standard InChI is InChI=1S/C12H15NO2/c14-12-8-11(13-12)6-7-15-9-10-4-2-1-3-5-10/h1-5,11H,6-9H2,(H,13,14)/t11-/m1/s1. The molecule has 15 heavy (non-hydrogen) atoms. The van der Waals surface area contributed by atoms with E-state index in [0.717, 1.165) is 6.42 Å². The Bertz CT molecular complexity index is 316. The van der Waals surface area contributed by atoms with Crippen LogP contribution in [0.2, 0.25) is 0 Å². The SMILES string of the molecule is O=C1C[C@@H](CCOCc2ccccc2)N1. The third kappa shape index (κ3) is 3.06. The Kier molecular flexibility index (Phi) is 3.35. The van der Waals surface area contributed by atoms with Gasteiger partial charge in [-0.1, -0.05) is 30.3 Å². The number of carbonyl (C=O) groups excluding carboxylic acids is 1. The van der Waals surface area contributed by atoms with E-state index >= 15 is 0 Å². The number of benzene rings is 1. The summed E-state index contributed by atoms with van der Waals surface area (Å²) in [6.07, 6.45) is 1.58. The maximum atomic E-state index is 10.6. The van der Waals surface area contributed by atoms with E-state index in [4.69, 9.17) is 4.74 Å². The molecule has 1 amide bonds. The maximum absolute atomic E-state index is 10.6. The molecule has 1 fully saturated rings. The van der Waals surface area contributed by atoms with Crippen molar-refractivity contribution in [3.05, 3.63) is 35.9 Å². The molecular formula is C12H15NO2. The van der Waals surface area contributed by atoms with Gasteiger partial charge in [0.25, 0.3) is 0 Å². The van der Waals surface area contributed by atoms with Crippen LogP contribution in [-0.2, 0) is 16.1 Å². The van der Waals surface area contributed by atoms with E-state index in [-0.39, 0.29) is 5.91 Å². The van der Waals surface area contributed by atoms with Gasteiger partial charge in [-0.25, -0.2) is 0 Å². The molecule has 0 radical (unpaired) electrons. The van der Waals surface area contributed by atoms with Crippen LogP contribution >= 0.6 is 0 Å². The number of hydrogen-bond acceptors (Lipinski definition) is 2. The molecule has 1 heterocycles. The highest BCUT2D eigenvalue weighted by Gasteiger charge is 2.24. The molecule has 2 rings (SSSR count). The molecule has 1 saturated heterocycles. The lowest BCUT2D eigenvalue weighted by Gasteiger charge is -2.26. The fourth-order valence-corrected chi connectivity index (χ4v) is 1.59. The van der Waals surface area contributed by atoms with Gasteiger partial charge in [-0.05, 0) is 12.0 Å². The number of rotatable bonds is 5. The highest BCUT2D eigenvalue weighted by Crippen LogP contribution is 2.09. The van der Waals surface area contributed by atoms with E-state index in [1.165, 1.54) is 5.56 Å². The molecule has 3 nitrogen and oxygen atoms in total. The minimum Gasteiger partial charge on any atom is -0.377 e. The quantitative estimate of drug-likeness (QED) is 0.584. The second kappa shape index (κ2) is 4.94. The zero-order chi connectivity index (χ0) is 10.5. The number of hydrogen-bond donors (Lipinski definition) is 1. The largest absolute Gasteiger partial charge is 0.377 e. The lowest BCUT2D eigenvalue weighted by atomic mass is 10.0. The summed E-state index contributed by atoms with van der Waals surface area (Å²) in [5.41, 5.74) is 1.19. The summed E-state index contributed by atoms with van der Waals surface area (Å²) in [4.78, 5) is 10.6. The number of β-lactam (4-membered cyclic amide) rings is 1. The zero-order valence-electron chi connectivity index (χ0n) is 8.61. The average molecular weight is 205 g/mol. The van der Waals surface area contributed by atoms with E-state index < -0.39 is 0 Å². The summed E-state index contributed by atoms with van der Waals surface area (Å²) in [6.45, 7) is 1.36. The van der Waals surface area contributed by atoms with Crippen molar-refractivity contribution >= 4 is 5.91 Å². The van der Waals surface area contributed by atoms with Gasteiger partial charge in [-0.2, -0.15) is 0 Å². The summed E-state index contributed by atoms with van der Waals surface area (Å²) in [5.74, 6) is 0.156. The van der Waals surface area contributed by atoms with E-state index in [2.05, 4.69) is 5.32 Å². The van der Waals surface area contributed by atoms with Crippen LogP contribution in [0, 0.1) is 0 Å². The van der Waals surface area contributed by atoms with Crippen molar-refractivity contribution in [1.29, 1.82) is 0 Å². The summed E-state index contributed by atoms with van der Waals surface area (Å²) in [6, 6.07) is 10.4. The Balaban J connectivity index is 1.57. The first kappa shape index (κ1) is 10.2. The van der Waals surface area contributed by atoms with Gasteiger partial charge >= 0.3 is 0 Å². The van der Waals surface area contributed by atoms with Gasteiger partial charge in [0.05, 0.1) is 6.61 Å². The first-order chi connectivity index (χ1) is 7.34. The van der Waals surface area contributed by atoms with E-state index in [1.54, 1.807) is 0 Å².